The number of nitrogens with two attached hydrogens (primary N) is 1. The molecule has 0 saturated carbocycles. The molecule has 4 rings (SSSR count). The Kier molecular flexibility index (Phi) is 4.25. The van der Waals surface area contributed by atoms with Crippen LogP contribution in [-0.4, -0.2) is 41.3 Å². The number of nitrogens with zero attached hydrogens (tertiary/aromatic N) is 4. The quantitative estimate of drug-likeness (QED) is 0.788. The number of hydrogen-bond acceptors (Lipinski definition) is 6. The van der Waals surface area contributed by atoms with Crippen molar-refractivity contribution >= 4 is 16.9 Å². The van der Waals surface area contributed by atoms with Crippen LogP contribution in [0.25, 0.3) is 22.3 Å². The lowest BCUT2D eigenvalue weighted by Gasteiger charge is -2.28. The van der Waals surface area contributed by atoms with Gasteiger partial charge in [-0.05, 0) is 36.4 Å². The Morgan fingerprint density at radius 3 is 2.48 bits per heavy atom. The highest BCUT2D eigenvalue weighted by molar-refractivity contribution is 5.87. The van der Waals surface area contributed by atoms with Crippen molar-refractivity contribution in [3.63, 3.8) is 0 Å². The summed E-state index contributed by atoms with van der Waals surface area (Å²) in [5.41, 5.74) is 8.83. The Morgan fingerprint density at radius 2 is 1.76 bits per heavy atom. The van der Waals surface area contributed by atoms with Crippen LogP contribution in [0.15, 0.2) is 36.4 Å². The number of fused-ring (bicyclic) bond motifs is 1. The lowest BCUT2D eigenvalue weighted by Crippen LogP contribution is -2.37. The van der Waals surface area contributed by atoms with Crippen molar-refractivity contribution in [2.24, 2.45) is 5.73 Å². The largest absolute Gasteiger partial charge is 0.378 e. The van der Waals surface area contributed by atoms with Gasteiger partial charge in [0.05, 0.1) is 31.0 Å². The summed E-state index contributed by atoms with van der Waals surface area (Å²) in [4.78, 5) is 16.0. The molecule has 0 bridgehead atoms. The number of morpholine rings is 1. The average molecular weight is 339 g/mol. The number of halogens is 1. The molecule has 1 fully saturated rings. The SMILES string of the molecule is NCc1nc(N2CCOCC2)c2nc(-c3ccc(F)cc3)ccc2n1. The van der Waals surface area contributed by atoms with Crippen LogP contribution in [0.5, 0.6) is 0 Å². The minimum absolute atomic E-state index is 0.269. The molecule has 0 spiro atoms. The number of aromatic nitrogens is 3. The zero-order chi connectivity index (χ0) is 17.2. The fourth-order valence-electron chi connectivity index (χ4n) is 2.91. The number of rotatable bonds is 3. The van der Waals surface area contributed by atoms with Gasteiger partial charge in [-0.25, -0.2) is 19.3 Å². The highest BCUT2D eigenvalue weighted by Gasteiger charge is 2.18. The highest BCUT2D eigenvalue weighted by atomic mass is 19.1. The van der Waals surface area contributed by atoms with Gasteiger partial charge in [0, 0.05) is 18.7 Å². The van der Waals surface area contributed by atoms with Gasteiger partial charge in [0.1, 0.15) is 17.2 Å². The van der Waals surface area contributed by atoms with Gasteiger partial charge in [-0.2, -0.15) is 0 Å². The lowest BCUT2D eigenvalue weighted by atomic mass is 10.1. The van der Waals surface area contributed by atoms with E-state index in [-0.39, 0.29) is 12.4 Å². The second-order valence-corrected chi connectivity index (χ2v) is 5.84. The molecule has 1 aliphatic rings. The Labute approximate surface area is 144 Å². The molecule has 0 radical (unpaired) electrons. The molecule has 0 unspecified atom stereocenters. The van der Waals surface area contributed by atoms with Crippen molar-refractivity contribution in [2.75, 3.05) is 31.2 Å². The molecule has 0 amide bonds. The van der Waals surface area contributed by atoms with Crippen molar-refractivity contribution in [3.05, 3.63) is 48.0 Å². The number of pyridine rings is 1. The molecule has 1 saturated heterocycles. The summed E-state index contributed by atoms with van der Waals surface area (Å²) < 4.78 is 18.6. The van der Waals surface area contributed by atoms with Crippen molar-refractivity contribution in [2.45, 2.75) is 6.54 Å². The Bertz CT molecular complexity index is 894. The number of benzene rings is 1. The van der Waals surface area contributed by atoms with E-state index in [4.69, 9.17) is 15.5 Å². The maximum atomic E-state index is 13.2. The van der Waals surface area contributed by atoms with E-state index in [1.54, 1.807) is 12.1 Å². The van der Waals surface area contributed by atoms with Crippen molar-refractivity contribution in [3.8, 4) is 11.3 Å². The fraction of sp³-hybridized carbons (Fsp3) is 0.278. The maximum Gasteiger partial charge on any atom is 0.159 e. The van der Waals surface area contributed by atoms with Crippen molar-refractivity contribution in [1.29, 1.82) is 0 Å². The van der Waals surface area contributed by atoms with E-state index in [1.807, 2.05) is 12.1 Å². The predicted octanol–water partition coefficient (Wildman–Crippen LogP) is 2.13. The molecule has 1 aliphatic heterocycles. The van der Waals surface area contributed by atoms with Gasteiger partial charge in [0.2, 0.25) is 0 Å². The number of hydrogen-bond donors (Lipinski definition) is 1. The molecule has 1 aromatic carbocycles. The monoisotopic (exact) mass is 339 g/mol. The average Bonchev–Trinajstić information content (AvgIpc) is 2.68. The van der Waals surface area contributed by atoms with E-state index >= 15 is 0 Å². The van der Waals surface area contributed by atoms with Crippen LogP contribution >= 0.6 is 0 Å². The molecule has 6 nitrogen and oxygen atoms in total. The van der Waals surface area contributed by atoms with Crippen LogP contribution in [0.2, 0.25) is 0 Å². The smallest absolute Gasteiger partial charge is 0.159 e. The molecule has 2 aromatic heterocycles. The van der Waals surface area contributed by atoms with Gasteiger partial charge in [-0.3, -0.25) is 0 Å². The molecule has 25 heavy (non-hydrogen) atoms. The van der Waals surface area contributed by atoms with Crippen LogP contribution in [0.1, 0.15) is 5.82 Å². The van der Waals surface area contributed by atoms with Crippen molar-refractivity contribution < 1.29 is 9.13 Å². The van der Waals surface area contributed by atoms with Gasteiger partial charge >= 0.3 is 0 Å². The Balaban J connectivity index is 1.85. The zero-order valence-corrected chi connectivity index (χ0v) is 13.7. The maximum absolute atomic E-state index is 13.2. The highest BCUT2D eigenvalue weighted by Crippen LogP contribution is 2.27. The summed E-state index contributed by atoms with van der Waals surface area (Å²) in [6.45, 7) is 3.08. The third-order valence-corrected chi connectivity index (χ3v) is 4.20. The van der Waals surface area contributed by atoms with Crippen LogP contribution in [-0.2, 0) is 11.3 Å². The Morgan fingerprint density at radius 1 is 1.00 bits per heavy atom. The normalized spacial score (nSPS) is 14.9. The standard InChI is InChI=1S/C18H18FN5O/c19-13-3-1-12(2-4-13)14-5-6-15-17(22-14)18(23-16(11-20)21-15)24-7-9-25-10-8-24/h1-6H,7-11,20H2. The zero-order valence-electron chi connectivity index (χ0n) is 13.7. The van der Waals surface area contributed by atoms with Crippen LogP contribution in [0, 0.1) is 5.82 Å². The van der Waals surface area contributed by atoms with E-state index < -0.39 is 0 Å². The van der Waals surface area contributed by atoms with Gasteiger partial charge in [-0.1, -0.05) is 0 Å². The molecular formula is C18H18FN5O. The van der Waals surface area contributed by atoms with Gasteiger partial charge in [-0.15, -0.1) is 0 Å². The summed E-state index contributed by atoms with van der Waals surface area (Å²) in [7, 11) is 0. The molecule has 7 heteroatoms. The minimum Gasteiger partial charge on any atom is -0.378 e. The van der Waals surface area contributed by atoms with Gasteiger partial charge in [0.15, 0.2) is 5.82 Å². The minimum atomic E-state index is -0.269. The number of ether oxygens (including phenoxy) is 1. The first-order chi connectivity index (χ1) is 12.2. The van der Waals surface area contributed by atoms with E-state index in [0.29, 0.717) is 19.0 Å². The van der Waals surface area contributed by atoms with Gasteiger partial charge in [0.25, 0.3) is 0 Å². The molecule has 0 atom stereocenters. The first-order valence-corrected chi connectivity index (χ1v) is 8.21. The third kappa shape index (κ3) is 3.16. The molecule has 0 aliphatic carbocycles. The molecule has 2 N–H and O–H groups in total. The summed E-state index contributed by atoms with van der Waals surface area (Å²) in [6.07, 6.45) is 0. The summed E-state index contributed by atoms with van der Waals surface area (Å²) in [5.74, 6) is 1.09. The van der Waals surface area contributed by atoms with Gasteiger partial charge < -0.3 is 15.4 Å². The summed E-state index contributed by atoms with van der Waals surface area (Å²) in [5, 5.41) is 0. The van der Waals surface area contributed by atoms with E-state index in [2.05, 4.69) is 14.9 Å². The fourth-order valence-corrected chi connectivity index (χ4v) is 2.91. The predicted molar refractivity (Wildman–Crippen MR) is 93.7 cm³/mol. The van der Waals surface area contributed by atoms with E-state index in [1.165, 1.54) is 12.1 Å². The Hall–Kier alpha value is -2.64. The van der Waals surface area contributed by atoms with Crippen LogP contribution in [0.4, 0.5) is 10.2 Å². The molecule has 128 valence electrons. The van der Waals surface area contributed by atoms with Crippen LogP contribution in [0.3, 0.4) is 0 Å². The first-order valence-electron chi connectivity index (χ1n) is 8.21. The van der Waals surface area contributed by atoms with E-state index in [0.717, 1.165) is 41.2 Å². The second-order valence-electron chi connectivity index (χ2n) is 5.84. The molecule has 3 aromatic rings. The second kappa shape index (κ2) is 6.70. The number of anilines is 1. The molecule has 3 heterocycles. The lowest BCUT2D eigenvalue weighted by molar-refractivity contribution is 0.122. The first kappa shape index (κ1) is 15.9. The van der Waals surface area contributed by atoms with E-state index in [9.17, 15) is 4.39 Å². The topological polar surface area (TPSA) is 77.2 Å². The summed E-state index contributed by atoms with van der Waals surface area (Å²) >= 11 is 0. The molecular weight excluding hydrogens is 321 g/mol. The summed E-state index contributed by atoms with van der Waals surface area (Å²) in [6, 6.07) is 10.1. The van der Waals surface area contributed by atoms with Crippen molar-refractivity contribution in [1.82, 2.24) is 15.0 Å². The third-order valence-electron chi connectivity index (χ3n) is 4.20. The van der Waals surface area contributed by atoms with Crippen LogP contribution < -0.4 is 10.6 Å².